The number of fused-ring (bicyclic) bond motifs is 6. The van der Waals surface area contributed by atoms with Crippen LogP contribution in [0.4, 0.5) is 9.59 Å². The minimum atomic E-state index is -0.691. The maximum absolute atomic E-state index is 14.0. The van der Waals surface area contributed by atoms with Crippen molar-refractivity contribution in [3.05, 3.63) is 72.3 Å². The molecule has 0 spiro atoms. The number of hydrogen-bond donors (Lipinski definition) is 4. The quantitative estimate of drug-likeness (QED) is 0.114. The number of H-pyrrole nitrogens is 2. The highest BCUT2D eigenvalue weighted by Crippen LogP contribution is 2.54. The van der Waals surface area contributed by atoms with E-state index < -0.39 is 35.3 Å². The smallest absolute Gasteiger partial charge is 0.407 e. The Balaban J connectivity index is 0.946. The Kier molecular flexibility index (Phi) is 9.86. The van der Waals surface area contributed by atoms with Crippen LogP contribution in [0.5, 0.6) is 0 Å². The van der Waals surface area contributed by atoms with Crippen LogP contribution in [0.2, 0.25) is 0 Å². The van der Waals surface area contributed by atoms with Gasteiger partial charge in [0, 0.05) is 13.1 Å². The van der Waals surface area contributed by atoms with Gasteiger partial charge in [-0.2, -0.15) is 0 Å². The van der Waals surface area contributed by atoms with Crippen LogP contribution in [0.1, 0.15) is 77.9 Å². The van der Waals surface area contributed by atoms with E-state index in [9.17, 15) is 19.2 Å². The molecule has 4 bridgehead atoms. The van der Waals surface area contributed by atoms with Gasteiger partial charge in [0.15, 0.2) is 0 Å². The molecule has 3 aromatic carbocycles. The van der Waals surface area contributed by atoms with Crippen LogP contribution in [0, 0.1) is 23.7 Å². The van der Waals surface area contributed by atoms with E-state index in [1.54, 1.807) is 0 Å². The van der Waals surface area contributed by atoms with Crippen molar-refractivity contribution in [3.63, 3.8) is 0 Å². The topological polar surface area (TPSA) is 175 Å². The predicted octanol–water partition coefficient (Wildman–Crippen LogP) is 7.21. The Morgan fingerprint density at radius 1 is 0.633 bits per heavy atom. The molecule has 0 unspecified atom stereocenters. The van der Waals surface area contributed by atoms with Crippen molar-refractivity contribution < 1.29 is 28.7 Å². The van der Waals surface area contributed by atoms with Gasteiger partial charge in [-0.25, -0.2) is 19.6 Å². The Labute approximate surface area is 349 Å². The largest absolute Gasteiger partial charge is 0.453 e. The second-order valence-corrected chi connectivity index (χ2v) is 18.1. The SMILES string of the molecule is COC(=O)N[C@H](C(=O)N1C[C@@H]2CC[C@@]1(c1nc3ccc(-c4ccc(-c5ccc6nc([C@@]78CC[C@@H](CN7C(=O)[C@@H](NC(=O)OC)C(C)C)C8)[nH]c6c5)cc4)cc3[nH]1)C2)C(C)C. The summed E-state index contributed by atoms with van der Waals surface area (Å²) >= 11 is 0. The molecular weight excluding hydrogens is 761 g/mol. The van der Waals surface area contributed by atoms with E-state index in [0.29, 0.717) is 24.9 Å². The summed E-state index contributed by atoms with van der Waals surface area (Å²) in [6.07, 6.45) is 4.16. The van der Waals surface area contributed by atoms with Gasteiger partial charge < -0.3 is 39.9 Å². The van der Waals surface area contributed by atoms with Crippen LogP contribution in [0.15, 0.2) is 60.7 Å². The van der Waals surface area contributed by atoms with Crippen LogP contribution in [0.3, 0.4) is 0 Å². The van der Waals surface area contributed by atoms with Gasteiger partial charge in [0.1, 0.15) is 34.8 Å². The number of aromatic amines is 2. The fourth-order valence-corrected chi connectivity index (χ4v) is 10.6. The molecule has 6 atom stereocenters. The second kappa shape index (κ2) is 15.0. The summed E-state index contributed by atoms with van der Waals surface area (Å²) in [4.78, 5) is 73.6. The molecular formula is C46H54N8O6. The summed E-state index contributed by atoms with van der Waals surface area (Å²) in [5.41, 5.74) is 6.65. The third-order valence-corrected chi connectivity index (χ3v) is 13.8. The lowest BCUT2D eigenvalue weighted by molar-refractivity contribution is -0.141. The first-order chi connectivity index (χ1) is 28.8. The molecule has 14 heteroatoms. The number of imidazole rings is 2. The Hall–Kier alpha value is -5.92. The maximum atomic E-state index is 14.0. The van der Waals surface area contributed by atoms with Gasteiger partial charge >= 0.3 is 12.2 Å². The molecule has 2 aliphatic carbocycles. The Morgan fingerprint density at radius 2 is 1.02 bits per heavy atom. The lowest BCUT2D eigenvalue weighted by Crippen LogP contribution is -2.56. The highest BCUT2D eigenvalue weighted by atomic mass is 16.5. The molecule has 314 valence electrons. The van der Waals surface area contributed by atoms with E-state index in [1.165, 1.54) is 14.2 Å². The zero-order chi connectivity index (χ0) is 42.1. The molecule has 4 amide bonds. The number of ether oxygens (including phenoxy) is 2. The number of rotatable bonds is 10. The van der Waals surface area contributed by atoms with Crippen LogP contribution in [0.25, 0.3) is 44.3 Å². The number of aromatic nitrogens is 4. The molecule has 2 saturated carbocycles. The molecule has 60 heavy (non-hydrogen) atoms. The summed E-state index contributed by atoms with van der Waals surface area (Å²) in [5.74, 6) is 1.96. The van der Waals surface area contributed by atoms with Gasteiger partial charge in [0.2, 0.25) is 11.8 Å². The van der Waals surface area contributed by atoms with Crippen molar-refractivity contribution in [2.75, 3.05) is 27.3 Å². The van der Waals surface area contributed by atoms with E-state index in [-0.39, 0.29) is 23.7 Å². The fraction of sp³-hybridized carbons (Fsp3) is 0.478. The van der Waals surface area contributed by atoms with Gasteiger partial charge in [-0.05, 0) is 109 Å². The number of benzene rings is 3. The molecule has 5 aromatic rings. The highest BCUT2D eigenvalue weighted by molar-refractivity contribution is 5.89. The van der Waals surface area contributed by atoms with E-state index in [1.807, 2.05) is 49.6 Å². The first-order valence-electron chi connectivity index (χ1n) is 21.3. The Morgan fingerprint density at radius 3 is 1.37 bits per heavy atom. The van der Waals surface area contributed by atoms with E-state index in [2.05, 4.69) is 69.1 Å². The molecule has 0 radical (unpaired) electrons. The summed E-state index contributed by atoms with van der Waals surface area (Å²) < 4.78 is 9.68. The minimum Gasteiger partial charge on any atom is -0.453 e. The van der Waals surface area contributed by atoms with Crippen molar-refractivity contribution in [1.82, 2.24) is 40.4 Å². The summed E-state index contributed by atoms with van der Waals surface area (Å²) in [6, 6.07) is 19.6. The number of carbonyl (C=O) groups excluding carboxylic acids is 4. The third kappa shape index (κ3) is 6.55. The number of carbonyl (C=O) groups is 4. The summed E-state index contributed by atoms with van der Waals surface area (Å²) in [6.45, 7) is 9.01. The van der Waals surface area contributed by atoms with Crippen molar-refractivity contribution in [3.8, 4) is 22.3 Å². The zero-order valence-electron chi connectivity index (χ0n) is 35.1. The van der Waals surface area contributed by atoms with Crippen molar-refractivity contribution in [1.29, 1.82) is 0 Å². The average Bonchev–Trinajstić information content (AvgIpc) is 4.12. The zero-order valence-corrected chi connectivity index (χ0v) is 35.1. The van der Waals surface area contributed by atoms with Gasteiger partial charge in [0.25, 0.3) is 0 Å². The number of nitrogens with zero attached hydrogens (tertiary/aromatic N) is 4. The maximum Gasteiger partial charge on any atom is 0.407 e. The predicted molar refractivity (Wildman–Crippen MR) is 226 cm³/mol. The average molecular weight is 815 g/mol. The van der Waals surface area contributed by atoms with Crippen molar-refractivity contribution in [2.45, 2.75) is 89.4 Å². The summed E-state index contributed by atoms with van der Waals surface area (Å²) in [7, 11) is 2.62. The van der Waals surface area contributed by atoms with Crippen LogP contribution < -0.4 is 10.6 Å². The van der Waals surface area contributed by atoms with Crippen molar-refractivity contribution >= 4 is 46.1 Å². The number of amides is 4. The molecule has 9 rings (SSSR count). The highest BCUT2D eigenvalue weighted by Gasteiger charge is 2.58. The number of alkyl carbamates (subject to hydrolysis) is 2. The molecule has 14 nitrogen and oxygen atoms in total. The number of hydrogen-bond acceptors (Lipinski definition) is 8. The molecule has 4 N–H and O–H groups in total. The molecule has 2 aliphatic heterocycles. The lowest BCUT2D eigenvalue weighted by Gasteiger charge is -2.40. The minimum absolute atomic E-state index is 0.101. The van der Waals surface area contributed by atoms with E-state index in [4.69, 9.17) is 19.4 Å². The molecule has 4 aliphatic rings. The first-order valence-corrected chi connectivity index (χ1v) is 21.3. The number of methoxy groups -OCH3 is 2. The normalized spacial score (nSPS) is 24.1. The number of likely N-dealkylation sites (tertiary alicyclic amines) is 2. The van der Waals surface area contributed by atoms with Crippen LogP contribution in [-0.4, -0.2) is 93.1 Å². The second-order valence-electron chi connectivity index (χ2n) is 18.1. The van der Waals surface area contributed by atoms with E-state index >= 15 is 0 Å². The first kappa shape index (κ1) is 39.5. The fourth-order valence-electron chi connectivity index (χ4n) is 10.6. The van der Waals surface area contributed by atoms with E-state index in [0.717, 1.165) is 94.5 Å². The number of piperidine rings is 2. The summed E-state index contributed by atoms with van der Waals surface area (Å²) in [5, 5.41) is 5.53. The van der Waals surface area contributed by atoms with Gasteiger partial charge in [-0.15, -0.1) is 0 Å². The third-order valence-electron chi connectivity index (χ3n) is 13.8. The molecule has 2 saturated heterocycles. The number of nitrogens with one attached hydrogen (secondary N) is 4. The molecule has 4 fully saturated rings. The van der Waals surface area contributed by atoms with Gasteiger partial charge in [0.05, 0.1) is 36.3 Å². The monoisotopic (exact) mass is 814 g/mol. The Bertz CT molecular complexity index is 2320. The lowest BCUT2D eigenvalue weighted by atomic mass is 9.93. The van der Waals surface area contributed by atoms with Crippen LogP contribution in [-0.2, 0) is 30.1 Å². The van der Waals surface area contributed by atoms with Crippen molar-refractivity contribution in [2.24, 2.45) is 23.7 Å². The van der Waals surface area contributed by atoms with Gasteiger partial charge in [-0.1, -0.05) is 64.1 Å². The van der Waals surface area contributed by atoms with Gasteiger partial charge in [-0.3, -0.25) is 9.59 Å². The molecule has 2 aromatic heterocycles. The standard InChI is InChI=1S/C46H54N8O6/c1-25(2)37(51-43(57)59-5)39(55)53-23-27-15-17-45(53,21-27)41-47-33-13-11-31(19-35(33)49-41)29-7-9-30(10-8-29)32-12-14-34-36(20-32)50-42(48-34)46-18-16-28(22-46)24-54(46)40(56)38(26(3)4)52-44(58)60-6/h7-14,19-20,25-28,37-38H,15-18,21-24H2,1-6H3,(H,47,49)(H,48,50)(H,51,57)(H,52,58)/t27-,28-,37+,38+,45+,46+/m1/s1. The van der Waals surface area contributed by atoms with Crippen LogP contribution >= 0.6 is 0 Å². The molecule has 4 heterocycles.